The predicted molar refractivity (Wildman–Crippen MR) is 158 cm³/mol. The van der Waals surface area contributed by atoms with Crippen LogP contribution >= 0.6 is 0 Å². The van der Waals surface area contributed by atoms with E-state index in [1.807, 2.05) is 12.1 Å². The van der Waals surface area contributed by atoms with Gasteiger partial charge in [-0.25, -0.2) is 19.3 Å². The van der Waals surface area contributed by atoms with Crippen LogP contribution in [0.1, 0.15) is 19.5 Å². The smallest absolute Gasteiger partial charge is 0.278 e. The summed E-state index contributed by atoms with van der Waals surface area (Å²) in [5, 5.41) is 15.3. The summed E-state index contributed by atoms with van der Waals surface area (Å²) in [4.78, 5) is 35.2. The highest BCUT2D eigenvalue weighted by atomic mass is 16.3. The zero-order valence-electron chi connectivity index (χ0n) is 22.9. The fourth-order valence-corrected chi connectivity index (χ4v) is 5.12. The number of aromatic amines is 1. The van der Waals surface area contributed by atoms with Crippen molar-refractivity contribution in [3.05, 3.63) is 77.5 Å². The maximum absolute atomic E-state index is 13.3. The maximum atomic E-state index is 13.3. The minimum atomic E-state index is -1.15. The molecule has 0 aliphatic carbocycles. The van der Waals surface area contributed by atoms with Crippen LogP contribution in [0, 0.1) is 0 Å². The summed E-state index contributed by atoms with van der Waals surface area (Å²) in [7, 11) is 2.15. The molecule has 1 fully saturated rings. The highest BCUT2D eigenvalue weighted by Crippen LogP contribution is 2.30. The second-order valence-corrected chi connectivity index (χ2v) is 10.7. The molecule has 6 rings (SSSR count). The molecule has 1 saturated heterocycles. The number of aromatic nitrogens is 6. The number of likely N-dealkylation sites (N-methyl/N-ethyl adjacent to an activating group) is 1. The highest BCUT2D eigenvalue weighted by Gasteiger charge is 2.22. The quantitative estimate of drug-likeness (QED) is 0.269. The van der Waals surface area contributed by atoms with Gasteiger partial charge in [-0.3, -0.25) is 4.79 Å². The van der Waals surface area contributed by atoms with Crippen molar-refractivity contribution in [2.75, 3.05) is 43.4 Å². The van der Waals surface area contributed by atoms with Gasteiger partial charge in [0.15, 0.2) is 11.5 Å². The molecule has 0 amide bonds. The second kappa shape index (κ2) is 9.92. The third-order valence-electron chi connectivity index (χ3n) is 7.32. The summed E-state index contributed by atoms with van der Waals surface area (Å²) in [6.07, 6.45) is 5.24. The molecule has 0 saturated carbocycles. The number of H-pyrrole nitrogens is 1. The molecule has 3 N–H and O–H groups in total. The van der Waals surface area contributed by atoms with E-state index in [0.717, 1.165) is 37.4 Å². The van der Waals surface area contributed by atoms with E-state index in [0.29, 0.717) is 28.5 Å². The van der Waals surface area contributed by atoms with Gasteiger partial charge in [-0.15, -0.1) is 6.58 Å². The number of nitrogens with one attached hydrogen (secondary N) is 2. The zero-order valence-corrected chi connectivity index (χ0v) is 22.9. The van der Waals surface area contributed by atoms with Crippen molar-refractivity contribution in [2.45, 2.75) is 26.0 Å². The van der Waals surface area contributed by atoms with Crippen molar-refractivity contribution in [2.24, 2.45) is 0 Å². The van der Waals surface area contributed by atoms with Crippen molar-refractivity contribution in [3.8, 4) is 5.82 Å². The van der Waals surface area contributed by atoms with Gasteiger partial charge in [0.25, 0.3) is 5.56 Å². The van der Waals surface area contributed by atoms with Crippen LogP contribution in [0.3, 0.4) is 0 Å². The molecule has 0 spiro atoms. The molecular formula is C29H33N9O2. The molecule has 1 aliphatic heterocycles. The first kappa shape index (κ1) is 25.8. The molecule has 1 aromatic carbocycles. The molecule has 5 heterocycles. The van der Waals surface area contributed by atoms with Gasteiger partial charge < -0.3 is 25.2 Å². The number of nitrogens with zero attached hydrogens (tertiary/aromatic N) is 7. The van der Waals surface area contributed by atoms with E-state index < -0.39 is 5.60 Å². The normalized spacial score (nSPS) is 14.8. The molecule has 5 aromatic rings. The lowest BCUT2D eigenvalue weighted by Gasteiger charge is -2.33. The first-order valence-corrected chi connectivity index (χ1v) is 13.3. The molecule has 0 radical (unpaired) electrons. The fourth-order valence-electron chi connectivity index (χ4n) is 5.12. The van der Waals surface area contributed by atoms with Crippen LogP contribution in [0.15, 0.2) is 66.2 Å². The lowest BCUT2D eigenvalue weighted by Crippen LogP contribution is -2.44. The Morgan fingerprint density at radius 2 is 1.93 bits per heavy atom. The molecule has 0 unspecified atom stereocenters. The Kier molecular flexibility index (Phi) is 6.40. The van der Waals surface area contributed by atoms with Gasteiger partial charge in [-0.2, -0.15) is 4.98 Å². The number of piperazine rings is 1. The van der Waals surface area contributed by atoms with Crippen LogP contribution in [0.25, 0.3) is 27.8 Å². The molecule has 0 atom stereocenters. The average Bonchev–Trinajstić information content (AvgIpc) is 3.47. The lowest BCUT2D eigenvalue weighted by atomic mass is 10.1. The summed E-state index contributed by atoms with van der Waals surface area (Å²) in [6, 6.07) is 11.5. The number of allylic oxidation sites excluding steroid dienone is 1. The van der Waals surface area contributed by atoms with E-state index >= 15 is 0 Å². The monoisotopic (exact) mass is 539 g/mol. The maximum Gasteiger partial charge on any atom is 0.278 e. The van der Waals surface area contributed by atoms with Crippen LogP contribution in [-0.2, 0) is 12.1 Å². The number of aliphatic hydroxyl groups is 1. The molecule has 40 heavy (non-hydrogen) atoms. The van der Waals surface area contributed by atoms with E-state index in [1.165, 1.54) is 22.0 Å². The summed E-state index contributed by atoms with van der Waals surface area (Å²) in [5.41, 5.74) is 2.53. The molecule has 11 heteroatoms. The first-order chi connectivity index (χ1) is 19.2. The molecule has 0 bridgehead atoms. The zero-order chi connectivity index (χ0) is 28.0. The van der Waals surface area contributed by atoms with Crippen molar-refractivity contribution in [3.63, 3.8) is 0 Å². The van der Waals surface area contributed by atoms with Crippen molar-refractivity contribution >= 4 is 39.3 Å². The Hall–Kier alpha value is -4.48. The van der Waals surface area contributed by atoms with Gasteiger partial charge in [0.1, 0.15) is 11.0 Å². The molecule has 206 valence electrons. The van der Waals surface area contributed by atoms with Gasteiger partial charge in [0, 0.05) is 55.2 Å². The third kappa shape index (κ3) is 4.63. The van der Waals surface area contributed by atoms with Crippen LogP contribution in [0.4, 0.5) is 17.3 Å². The summed E-state index contributed by atoms with van der Waals surface area (Å²) >= 11 is 0. The number of benzene rings is 1. The summed E-state index contributed by atoms with van der Waals surface area (Å²) in [5.74, 6) is 0.809. The van der Waals surface area contributed by atoms with Crippen LogP contribution in [0.2, 0.25) is 0 Å². The Morgan fingerprint density at radius 1 is 1.12 bits per heavy atom. The standard InChI is InChI=1S/C29H33N9O2/c1-5-11-37-27(39)21-17-31-28(34-26(21)38(37)25-8-6-7-24(33-25)29(2,3)40)32-19-9-10-20-22(16-19)30-18-23(20)36-14-12-35(4)13-15-36/h5-10,16-18,30,40H,1,11-15H2,2-4H3,(H,31,32,34). The van der Waals surface area contributed by atoms with E-state index in [-0.39, 0.29) is 12.1 Å². The van der Waals surface area contributed by atoms with Crippen molar-refractivity contribution in [1.29, 1.82) is 0 Å². The molecule has 4 aromatic heterocycles. The van der Waals surface area contributed by atoms with Crippen LogP contribution in [0.5, 0.6) is 0 Å². The summed E-state index contributed by atoms with van der Waals surface area (Å²) < 4.78 is 3.16. The van der Waals surface area contributed by atoms with E-state index in [4.69, 9.17) is 4.98 Å². The largest absolute Gasteiger partial charge is 0.384 e. The van der Waals surface area contributed by atoms with Gasteiger partial charge in [0.05, 0.1) is 17.9 Å². The van der Waals surface area contributed by atoms with Gasteiger partial charge in [0.2, 0.25) is 5.95 Å². The predicted octanol–water partition coefficient (Wildman–Crippen LogP) is 3.37. The third-order valence-corrected chi connectivity index (χ3v) is 7.32. The van der Waals surface area contributed by atoms with E-state index in [9.17, 15) is 9.90 Å². The number of hydrogen-bond acceptors (Lipinski definition) is 8. The number of fused-ring (bicyclic) bond motifs is 2. The second-order valence-electron chi connectivity index (χ2n) is 10.7. The fraction of sp³-hybridized carbons (Fsp3) is 0.310. The van der Waals surface area contributed by atoms with E-state index in [2.05, 4.69) is 56.0 Å². The Balaban J connectivity index is 1.37. The SMILES string of the molecule is C=CCn1c(=O)c2cnc(Nc3ccc4c(N5CCN(C)CC5)c[nH]c4c3)nc2n1-c1cccc(C(C)(C)O)n1. The van der Waals surface area contributed by atoms with E-state index in [1.54, 1.807) is 42.8 Å². The van der Waals surface area contributed by atoms with Crippen LogP contribution in [-0.4, -0.2) is 72.5 Å². The lowest BCUT2D eigenvalue weighted by molar-refractivity contribution is 0.0738. The minimum absolute atomic E-state index is 0.249. The average molecular weight is 540 g/mol. The molecule has 11 nitrogen and oxygen atoms in total. The Morgan fingerprint density at radius 3 is 2.67 bits per heavy atom. The van der Waals surface area contributed by atoms with Gasteiger partial charge in [-0.05, 0) is 51.2 Å². The van der Waals surface area contributed by atoms with Crippen LogP contribution < -0.4 is 15.8 Å². The molecular weight excluding hydrogens is 506 g/mol. The highest BCUT2D eigenvalue weighted by molar-refractivity contribution is 5.95. The van der Waals surface area contributed by atoms with Gasteiger partial charge in [-0.1, -0.05) is 12.1 Å². The Bertz CT molecular complexity index is 1770. The number of rotatable bonds is 7. The number of anilines is 3. The summed E-state index contributed by atoms with van der Waals surface area (Å²) in [6.45, 7) is 11.5. The topological polar surface area (TPSA) is 120 Å². The van der Waals surface area contributed by atoms with Gasteiger partial charge >= 0.3 is 0 Å². The number of pyridine rings is 1. The Labute approximate surface area is 231 Å². The first-order valence-electron chi connectivity index (χ1n) is 13.3. The van der Waals surface area contributed by atoms with Crippen molar-refractivity contribution < 1.29 is 5.11 Å². The number of hydrogen-bond donors (Lipinski definition) is 3. The molecule has 1 aliphatic rings. The van der Waals surface area contributed by atoms with Crippen molar-refractivity contribution in [1.82, 2.24) is 34.2 Å². The minimum Gasteiger partial charge on any atom is -0.384 e.